The Morgan fingerprint density at radius 3 is 2.25 bits per heavy atom. The Bertz CT molecular complexity index is 407. The highest BCUT2D eigenvalue weighted by molar-refractivity contribution is 6.36. The summed E-state index contributed by atoms with van der Waals surface area (Å²) in [6.07, 6.45) is 3.28. The number of hydrogen-bond donors (Lipinski definition) is 1. The number of amides is 1. The van der Waals surface area contributed by atoms with E-state index in [1.165, 1.54) is 0 Å². The highest BCUT2D eigenvalue weighted by atomic mass is 35.5. The number of hydrogen-bond acceptors (Lipinski definition) is 1. The SMILES string of the molecule is NC(=O)CC1(c2c(Cl)cccc2Cl)CCC1. The molecule has 16 heavy (non-hydrogen) atoms. The van der Waals surface area contributed by atoms with Crippen molar-refractivity contribution in [1.82, 2.24) is 0 Å². The number of carbonyl (C=O) groups is 1. The Kier molecular flexibility index (Phi) is 3.13. The summed E-state index contributed by atoms with van der Waals surface area (Å²) in [6.45, 7) is 0. The van der Waals surface area contributed by atoms with Gasteiger partial charge in [-0.3, -0.25) is 4.79 Å². The lowest BCUT2D eigenvalue weighted by atomic mass is 9.62. The fraction of sp³-hybridized carbons (Fsp3) is 0.417. The minimum atomic E-state index is -0.296. The van der Waals surface area contributed by atoms with Crippen LogP contribution in [0.3, 0.4) is 0 Å². The van der Waals surface area contributed by atoms with E-state index in [0.717, 1.165) is 24.8 Å². The molecule has 86 valence electrons. The molecule has 0 radical (unpaired) electrons. The van der Waals surface area contributed by atoms with Crippen molar-refractivity contribution in [2.24, 2.45) is 5.73 Å². The predicted molar refractivity (Wildman–Crippen MR) is 65.8 cm³/mol. The molecule has 2 N–H and O–H groups in total. The first-order valence-electron chi connectivity index (χ1n) is 5.28. The van der Waals surface area contributed by atoms with E-state index in [1.54, 1.807) is 0 Å². The lowest BCUT2D eigenvalue weighted by molar-refractivity contribution is -0.120. The lowest BCUT2D eigenvalue weighted by Crippen LogP contribution is -2.39. The fourth-order valence-corrected chi connectivity index (χ4v) is 3.26. The number of halogens is 2. The predicted octanol–water partition coefficient (Wildman–Crippen LogP) is 3.29. The molecule has 0 unspecified atom stereocenters. The van der Waals surface area contributed by atoms with Gasteiger partial charge in [-0.2, -0.15) is 0 Å². The Hall–Kier alpha value is -0.730. The van der Waals surface area contributed by atoms with E-state index in [-0.39, 0.29) is 11.3 Å². The fourth-order valence-electron chi connectivity index (χ4n) is 2.46. The van der Waals surface area contributed by atoms with Gasteiger partial charge in [-0.15, -0.1) is 0 Å². The summed E-state index contributed by atoms with van der Waals surface area (Å²) >= 11 is 12.3. The van der Waals surface area contributed by atoms with E-state index in [0.29, 0.717) is 16.5 Å². The second-order valence-electron chi connectivity index (χ2n) is 4.37. The summed E-state index contributed by atoms with van der Waals surface area (Å²) in [7, 11) is 0. The van der Waals surface area contributed by atoms with E-state index in [1.807, 2.05) is 18.2 Å². The molecule has 2 rings (SSSR count). The highest BCUT2D eigenvalue weighted by Crippen LogP contribution is 2.50. The van der Waals surface area contributed by atoms with E-state index in [2.05, 4.69) is 0 Å². The molecule has 4 heteroatoms. The molecule has 0 spiro atoms. The third-order valence-electron chi connectivity index (χ3n) is 3.32. The van der Waals surface area contributed by atoms with Crippen LogP contribution < -0.4 is 5.73 Å². The third-order valence-corrected chi connectivity index (χ3v) is 3.95. The molecule has 0 aliphatic heterocycles. The minimum Gasteiger partial charge on any atom is -0.370 e. The average molecular weight is 258 g/mol. The van der Waals surface area contributed by atoms with Crippen molar-refractivity contribution in [2.75, 3.05) is 0 Å². The van der Waals surface area contributed by atoms with Crippen molar-refractivity contribution < 1.29 is 4.79 Å². The Balaban J connectivity index is 2.44. The first-order chi connectivity index (χ1) is 7.55. The molecule has 0 bridgehead atoms. The summed E-state index contributed by atoms with van der Waals surface area (Å²) in [5.41, 5.74) is 5.97. The Morgan fingerprint density at radius 1 is 1.31 bits per heavy atom. The second kappa shape index (κ2) is 4.27. The van der Waals surface area contributed by atoms with E-state index >= 15 is 0 Å². The van der Waals surface area contributed by atoms with Crippen molar-refractivity contribution >= 4 is 29.1 Å². The molecule has 1 aliphatic carbocycles. The zero-order chi connectivity index (χ0) is 11.8. The zero-order valence-electron chi connectivity index (χ0n) is 8.80. The molecular weight excluding hydrogens is 245 g/mol. The van der Waals surface area contributed by atoms with Gasteiger partial charge in [0.15, 0.2) is 0 Å². The van der Waals surface area contributed by atoms with Crippen LogP contribution in [-0.2, 0) is 10.2 Å². The maximum absolute atomic E-state index is 11.1. The van der Waals surface area contributed by atoms with Gasteiger partial charge in [-0.05, 0) is 30.5 Å². The van der Waals surface area contributed by atoms with Crippen molar-refractivity contribution in [2.45, 2.75) is 31.1 Å². The summed E-state index contributed by atoms with van der Waals surface area (Å²) in [5.74, 6) is -0.296. The van der Waals surface area contributed by atoms with Gasteiger partial charge in [-0.25, -0.2) is 0 Å². The molecule has 1 amide bonds. The molecule has 1 aromatic carbocycles. The Labute approximate surface area is 105 Å². The van der Waals surface area contributed by atoms with E-state index in [9.17, 15) is 4.79 Å². The summed E-state index contributed by atoms with van der Waals surface area (Å²) in [4.78, 5) is 11.1. The quantitative estimate of drug-likeness (QED) is 0.888. The molecule has 0 atom stereocenters. The summed E-state index contributed by atoms with van der Waals surface area (Å²) < 4.78 is 0. The van der Waals surface area contributed by atoms with Crippen LogP contribution in [0.2, 0.25) is 10.0 Å². The van der Waals surface area contributed by atoms with Crippen molar-refractivity contribution in [3.8, 4) is 0 Å². The van der Waals surface area contributed by atoms with Crippen LogP contribution in [0.1, 0.15) is 31.2 Å². The summed E-state index contributed by atoms with van der Waals surface area (Å²) in [5, 5.41) is 1.27. The molecule has 0 aromatic heterocycles. The standard InChI is InChI=1S/C12H13Cl2NO/c13-8-3-1-4-9(14)11(8)12(5-2-6-12)7-10(15)16/h1,3-4H,2,5-7H2,(H2,15,16). The first-order valence-corrected chi connectivity index (χ1v) is 6.03. The van der Waals surface area contributed by atoms with Gasteiger partial charge >= 0.3 is 0 Å². The van der Waals surface area contributed by atoms with Crippen LogP contribution in [0, 0.1) is 0 Å². The molecular formula is C12H13Cl2NO. The second-order valence-corrected chi connectivity index (χ2v) is 5.19. The molecule has 1 saturated carbocycles. The zero-order valence-corrected chi connectivity index (χ0v) is 10.3. The third kappa shape index (κ3) is 1.92. The van der Waals surface area contributed by atoms with Gasteiger partial charge in [0.1, 0.15) is 0 Å². The van der Waals surface area contributed by atoms with Gasteiger partial charge in [0, 0.05) is 21.9 Å². The monoisotopic (exact) mass is 257 g/mol. The molecule has 1 aliphatic rings. The summed E-state index contributed by atoms with van der Waals surface area (Å²) in [6, 6.07) is 5.43. The van der Waals surface area contributed by atoms with Gasteiger partial charge in [0.05, 0.1) is 0 Å². The van der Waals surface area contributed by atoms with Crippen LogP contribution in [-0.4, -0.2) is 5.91 Å². The smallest absolute Gasteiger partial charge is 0.218 e. The highest BCUT2D eigenvalue weighted by Gasteiger charge is 2.42. The van der Waals surface area contributed by atoms with Crippen molar-refractivity contribution in [3.05, 3.63) is 33.8 Å². The van der Waals surface area contributed by atoms with Gasteiger partial charge in [0.2, 0.25) is 5.91 Å². The van der Waals surface area contributed by atoms with Crippen LogP contribution in [0.25, 0.3) is 0 Å². The molecule has 1 aromatic rings. The number of primary amides is 1. The largest absolute Gasteiger partial charge is 0.370 e. The van der Waals surface area contributed by atoms with Crippen LogP contribution in [0.15, 0.2) is 18.2 Å². The normalized spacial score (nSPS) is 17.9. The molecule has 2 nitrogen and oxygen atoms in total. The molecule has 1 fully saturated rings. The number of rotatable bonds is 3. The van der Waals surface area contributed by atoms with Crippen LogP contribution in [0.5, 0.6) is 0 Å². The number of benzene rings is 1. The Morgan fingerprint density at radius 2 is 1.88 bits per heavy atom. The maximum atomic E-state index is 11.1. The van der Waals surface area contributed by atoms with E-state index < -0.39 is 0 Å². The minimum absolute atomic E-state index is 0.221. The maximum Gasteiger partial charge on any atom is 0.218 e. The average Bonchev–Trinajstić information content (AvgIpc) is 2.12. The van der Waals surface area contributed by atoms with Gasteiger partial charge in [-0.1, -0.05) is 35.7 Å². The van der Waals surface area contributed by atoms with Crippen molar-refractivity contribution in [3.63, 3.8) is 0 Å². The first kappa shape index (κ1) is 11.7. The van der Waals surface area contributed by atoms with Gasteiger partial charge < -0.3 is 5.73 Å². The molecule has 0 saturated heterocycles. The number of nitrogens with two attached hydrogens (primary N) is 1. The molecule has 0 heterocycles. The van der Waals surface area contributed by atoms with Crippen LogP contribution >= 0.6 is 23.2 Å². The topological polar surface area (TPSA) is 43.1 Å². The van der Waals surface area contributed by atoms with Crippen LogP contribution in [0.4, 0.5) is 0 Å². The lowest BCUT2D eigenvalue weighted by Gasteiger charge is -2.42. The van der Waals surface area contributed by atoms with Gasteiger partial charge in [0.25, 0.3) is 0 Å². The van der Waals surface area contributed by atoms with E-state index in [4.69, 9.17) is 28.9 Å². The number of carbonyl (C=O) groups excluding carboxylic acids is 1. The van der Waals surface area contributed by atoms with Crippen molar-refractivity contribution in [1.29, 1.82) is 0 Å².